The van der Waals surface area contributed by atoms with Crippen molar-refractivity contribution in [1.82, 2.24) is 0 Å². The number of rotatable bonds is 2. The van der Waals surface area contributed by atoms with Crippen LogP contribution in [0.15, 0.2) is 0 Å². The molecule has 4 fully saturated rings. The van der Waals surface area contributed by atoms with Gasteiger partial charge in [0.1, 0.15) is 4.32 Å². The summed E-state index contributed by atoms with van der Waals surface area (Å²) in [6.07, 6.45) is 7.49. The molecule has 0 radical (unpaired) electrons. The molecule has 90 valence electrons. The number of carboxylic acids is 1. The molecule has 1 atom stereocenters. The molecule has 4 rings (SSSR count). The quantitative estimate of drug-likeness (QED) is 0.790. The van der Waals surface area contributed by atoms with Crippen LogP contribution in [0, 0.1) is 23.2 Å². The normalized spacial score (nSPS) is 49.0. The molecule has 4 bridgehead atoms. The van der Waals surface area contributed by atoms with Gasteiger partial charge in [-0.15, -0.1) is 0 Å². The molecular weight excluding hydrogens is 268 g/mol. The van der Waals surface area contributed by atoms with Crippen LogP contribution in [0.2, 0.25) is 0 Å². The predicted molar refractivity (Wildman–Crippen MR) is 65.6 cm³/mol. The molecule has 0 heterocycles. The van der Waals surface area contributed by atoms with E-state index < -0.39 is 10.3 Å². The standard InChI is InChI=1S/C13H19BrO2/c1-12(14,11(15)16)13-5-8-2-9(6-13)4-10(3-8)7-13/h8-10H,2-7H2,1H3,(H,15,16). The third-order valence-electron chi connectivity index (χ3n) is 5.44. The highest BCUT2D eigenvalue weighted by molar-refractivity contribution is 9.10. The van der Waals surface area contributed by atoms with E-state index in [0.29, 0.717) is 0 Å². The van der Waals surface area contributed by atoms with Crippen LogP contribution in [0.5, 0.6) is 0 Å². The molecule has 16 heavy (non-hydrogen) atoms. The van der Waals surface area contributed by atoms with E-state index in [-0.39, 0.29) is 5.41 Å². The maximum atomic E-state index is 11.5. The van der Waals surface area contributed by atoms with Crippen molar-refractivity contribution in [1.29, 1.82) is 0 Å². The van der Waals surface area contributed by atoms with Crippen LogP contribution < -0.4 is 0 Å². The largest absolute Gasteiger partial charge is 0.480 e. The second-order valence-electron chi connectivity index (χ2n) is 6.51. The summed E-state index contributed by atoms with van der Waals surface area (Å²) in [5.41, 5.74) is 0.0353. The Labute approximate surface area is 105 Å². The Bertz CT molecular complexity index is 300. The van der Waals surface area contributed by atoms with Crippen molar-refractivity contribution in [2.24, 2.45) is 23.2 Å². The first kappa shape index (κ1) is 11.1. The number of aliphatic carboxylic acids is 1. The Kier molecular flexibility index (Phi) is 2.24. The fourth-order valence-electron chi connectivity index (χ4n) is 4.91. The number of halogens is 1. The van der Waals surface area contributed by atoms with E-state index in [0.717, 1.165) is 37.0 Å². The molecule has 4 aliphatic rings. The highest BCUT2D eigenvalue weighted by atomic mass is 79.9. The average molecular weight is 287 g/mol. The van der Waals surface area contributed by atoms with Crippen LogP contribution in [0.1, 0.15) is 45.4 Å². The maximum absolute atomic E-state index is 11.5. The number of carbonyl (C=O) groups is 1. The minimum absolute atomic E-state index is 0.0353. The molecule has 1 N–H and O–H groups in total. The van der Waals surface area contributed by atoms with Gasteiger partial charge in [-0.1, -0.05) is 15.9 Å². The van der Waals surface area contributed by atoms with Crippen molar-refractivity contribution >= 4 is 21.9 Å². The molecule has 0 aliphatic heterocycles. The maximum Gasteiger partial charge on any atom is 0.320 e. The molecule has 1 unspecified atom stereocenters. The van der Waals surface area contributed by atoms with Gasteiger partial charge < -0.3 is 5.11 Å². The molecule has 3 heteroatoms. The second kappa shape index (κ2) is 3.24. The monoisotopic (exact) mass is 286 g/mol. The lowest BCUT2D eigenvalue weighted by Crippen LogP contribution is -2.57. The smallest absolute Gasteiger partial charge is 0.320 e. The van der Waals surface area contributed by atoms with Crippen LogP contribution in [0.3, 0.4) is 0 Å². The van der Waals surface area contributed by atoms with Gasteiger partial charge in [0, 0.05) is 0 Å². The Balaban J connectivity index is 1.97. The Morgan fingerprint density at radius 2 is 1.56 bits per heavy atom. The molecule has 0 aromatic heterocycles. The van der Waals surface area contributed by atoms with Crippen molar-refractivity contribution in [3.8, 4) is 0 Å². The highest BCUT2D eigenvalue weighted by Crippen LogP contribution is 2.65. The van der Waals surface area contributed by atoms with Crippen molar-refractivity contribution in [2.45, 2.75) is 49.8 Å². The van der Waals surface area contributed by atoms with Gasteiger partial charge in [0.05, 0.1) is 0 Å². The lowest BCUT2D eigenvalue weighted by Gasteiger charge is -2.60. The minimum Gasteiger partial charge on any atom is -0.480 e. The lowest BCUT2D eigenvalue weighted by atomic mass is 9.46. The van der Waals surface area contributed by atoms with Crippen molar-refractivity contribution in [3.63, 3.8) is 0 Å². The van der Waals surface area contributed by atoms with Gasteiger partial charge >= 0.3 is 5.97 Å². The Morgan fingerprint density at radius 1 is 1.19 bits per heavy atom. The molecule has 0 spiro atoms. The summed E-state index contributed by atoms with van der Waals surface area (Å²) in [5.74, 6) is 1.75. The van der Waals surface area contributed by atoms with Crippen molar-refractivity contribution in [2.75, 3.05) is 0 Å². The molecule has 2 nitrogen and oxygen atoms in total. The second-order valence-corrected chi connectivity index (χ2v) is 8.09. The van der Waals surface area contributed by atoms with E-state index in [1.807, 2.05) is 6.92 Å². The molecule has 4 saturated carbocycles. The number of hydrogen-bond acceptors (Lipinski definition) is 1. The van der Waals surface area contributed by atoms with Crippen molar-refractivity contribution < 1.29 is 9.90 Å². The van der Waals surface area contributed by atoms with Crippen LogP contribution in [-0.4, -0.2) is 15.4 Å². The van der Waals surface area contributed by atoms with Crippen LogP contribution in [-0.2, 0) is 4.79 Å². The molecule has 0 amide bonds. The van der Waals surface area contributed by atoms with E-state index >= 15 is 0 Å². The number of carboxylic acid groups (broad SMARTS) is 1. The first-order valence-electron chi connectivity index (χ1n) is 6.35. The first-order chi connectivity index (χ1) is 7.43. The predicted octanol–water partition coefficient (Wildman–Crippen LogP) is 3.44. The zero-order valence-corrected chi connectivity index (χ0v) is 11.3. The summed E-state index contributed by atoms with van der Waals surface area (Å²) >= 11 is 3.54. The summed E-state index contributed by atoms with van der Waals surface area (Å²) in [6.45, 7) is 1.88. The third kappa shape index (κ3) is 1.33. The van der Waals surface area contributed by atoms with Gasteiger partial charge in [0.15, 0.2) is 0 Å². The van der Waals surface area contributed by atoms with Crippen LogP contribution >= 0.6 is 15.9 Å². The van der Waals surface area contributed by atoms with Gasteiger partial charge in [-0.05, 0) is 68.6 Å². The average Bonchev–Trinajstić information content (AvgIpc) is 2.14. The van der Waals surface area contributed by atoms with Crippen LogP contribution in [0.25, 0.3) is 0 Å². The Hall–Kier alpha value is -0.0500. The number of alkyl halides is 1. The fraction of sp³-hybridized carbons (Fsp3) is 0.923. The van der Waals surface area contributed by atoms with E-state index in [1.54, 1.807) is 0 Å². The summed E-state index contributed by atoms with van der Waals surface area (Å²) < 4.78 is -0.712. The summed E-state index contributed by atoms with van der Waals surface area (Å²) in [7, 11) is 0. The van der Waals surface area contributed by atoms with Gasteiger partial charge in [-0.25, -0.2) is 0 Å². The van der Waals surface area contributed by atoms with E-state index in [1.165, 1.54) is 19.3 Å². The van der Waals surface area contributed by atoms with Gasteiger partial charge in [0.2, 0.25) is 0 Å². The van der Waals surface area contributed by atoms with E-state index in [4.69, 9.17) is 0 Å². The van der Waals surface area contributed by atoms with Crippen molar-refractivity contribution in [3.05, 3.63) is 0 Å². The number of hydrogen-bond donors (Lipinski definition) is 1. The molecule has 4 aliphatic carbocycles. The zero-order chi connectivity index (χ0) is 11.6. The molecule has 0 aromatic rings. The molecular formula is C13H19BrO2. The Morgan fingerprint density at radius 3 is 1.88 bits per heavy atom. The van der Waals surface area contributed by atoms with Gasteiger partial charge in [-0.3, -0.25) is 4.79 Å². The molecule has 0 saturated heterocycles. The SMILES string of the molecule is CC(Br)(C(=O)O)C12CC3CC(CC(C3)C1)C2. The summed E-state index contributed by atoms with van der Waals surface area (Å²) in [5, 5.41) is 9.45. The first-order valence-corrected chi connectivity index (χ1v) is 7.14. The topological polar surface area (TPSA) is 37.3 Å². The van der Waals surface area contributed by atoms with E-state index in [2.05, 4.69) is 15.9 Å². The minimum atomic E-state index is -0.712. The summed E-state index contributed by atoms with van der Waals surface area (Å²) in [6, 6.07) is 0. The zero-order valence-electron chi connectivity index (χ0n) is 9.71. The molecule has 0 aromatic carbocycles. The van der Waals surface area contributed by atoms with Crippen LogP contribution in [0.4, 0.5) is 0 Å². The van der Waals surface area contributed by atoms with Gasteiger partial charge in [-0.2, -0.15) is 0 Å². The third-order valence-corrected chi connectivity index (χ3v) is 6.62. The fourth-order valence-corrected chi connectivity index (χ4v) is 5.40. The lowest BCUT2D eigenvalue weighted by molar-refractivity contribution is -0.150. The van der Waals surface area contributed by atoms with Gasteiger partial charge in [0.25, 0.3) is 0 Å². The van der Waals surface area contributed by atoms with E-state index in [9.17, 15) is 9.90 Å². The highest BCUT2D eigenvalue weighted by Gasteiger charge is 2.60. The summed E-state index contributed by atoms with van der Waals surface area (Å²) in [4.78, 5) is 11.5.